The maximum atomic E-state index is 9.41. The summed E-state index contributed by atoms with van der Waals surface area (Å²) in [5.41, 5.74) is 6.17. The van der Waals surface area contributed by atoms with E-state index in [-0.39, 0.29) is 11.5 Å². The highest BCUT2D eigenvalue weighted by atomic mass is 16.5. The lowest BCUT2D eigenvalue weighted by atomic mass is 10.1. The molecule has 0 bridgehead atoms. The molecule has 0 spiro atoms. The Kier molecular flexibility index (Phi) is 3.11. The van der Waals surface area contributed by atoms with Crippen LogP contribution in [-0.4, -0.2) is 23.9 Å². The molecule has 0 aliphatic rings. The van der Waals surface area contributed by atoms with Crippen LogP contribution >= 0.6 is 0 Å². The Hall–Kier alpha value is -1.26. The van der Waals surface area contributed by atoms with E-state index in [4.69, 9.17) is 10.5 Å². The van der Waals surface area contributed by atoms with Gasteiger partial charge in [-0.3, -0.25) is 0 Å². The summed E-state index contributed by atoms with van der Waals surface area (Å²) in [7, 11) is 1.53. The highest BCUT2D eigenvalue weighted by molar-refractivity contribution is 5.45. The van der Waals surface area contributed by atoms with Crippen molar-refractivity contribution in [2.45, 2.75) is 6.04 Å². The molecule has 4 heteroatoms. The molecule has 1 aromatic carbocycles. The fourth-order valence-electron chi connectivity index (χ4n) is 1.12. The number of phenols is 2. The van der Waals surface area contributed by atoms with Crippen molar-refractivity contribution < 1.29 is 14.9 Å². The first-order chi connectivity index (χ1) is 6.16. The minimum Gasteiger partial charge on any atom is -0.504 e. The van der Waals surface area contributed by atoms with Crippen molar-refractivity contribution in [2.75, 3.05) is 13.7 Å². The summed E-state index contributed by atoms with van der Waals surface area (Å²) in [6, 6.07) is 4.26. The summed E-state index contributed by atoms with van der Waals surface area (Å²) in [6.45, 7) is 0.303. The molecule has 13 heavy (non-hydrogen) atoms. The molecule has 0 saturated heterocycles. The number of hydrogen-bond acceptors (Lipinski definition) is 4. The fourth-order valence-corrected chi connectivity index (χ4v) is 1.12. The maximum Gasteiger partial charge on any atom is 0.162 e. The molecule has 0 heterocycles. The Morgan fingerprint density at radius 2 is 2.15 bits per heavy atom. The van der Waals surface area contributed by atoms with Gasteiger partial charge in [0.25, 0.3) is 0 Å². The van der Waals surface area contributed by atoms with Crippen LogP contribution in [0.2, 0.25) is 0 Å². The second-order valence-electron chi connectivity index (χ2n) is 2.78. The maximum absolute atomic E-state index is 9.41. The van der Waals surface area contributed by atoms with Crippen LogP contribution < -0.4 is 5.73 Å². The van der Waals surface area contributed by atoms with Crippen molar-refractivity contribution in [3.05, 3.63) is 23.8 Å². The predicted octanol–water partition coefficient (Wildman–Crippen LogP) is 0.744. The van der Waals surface area contributed by atoms with Gasteiger partial charge in [-0.2, -0.15) is 0 Å². The van der Waals surface area contributed by atoms with Crippen LogP contribution in [0.4, 0.5) is 0 Å². The summed E-state index contributed by atoms with van der Waals surface area (Å²) in [5, 5.41) is 18.6. The normalized spacial score (nSPS) is 12.8. The highest BCUT2D eigenvalue weighted by Crippen LogP contribution is 2.31. The first-order valence-corrected chi connectivity index (χ1v) is 3.92. The van der Waals surface area contributed by atoms with Gasteiger partial charge in [0.1, 0.15) is 0 Å². The van der Waals surface area contributed by atoms with Crippen LogP contribution in [0.25, 0.3) is 0 Å². The molecule has 0 aliphatic heterocycles. The molecule has 1 aromatic rings. The number of aromatic hydroxyl groups is 2. The average molecular weight is 183 g/mol. The lowest BCUT2D eigenvalue weighted by Crippen LogP contribution is -2.16. The lowest BCUT2D eigenvalue weighted by molar-refractivity contribution is 0.179. The van der Waals surface area contributed by atoms with Gasteiger partial charge in [-0.05, 0) is 6.07 Å². The van der Waals surface area contributed by atoms with E-state index in [9.17, 15) is 10.2 Å². The lowest BCUT2D eigenvalue weighted by Gasteiger charge is -2.12. The van der Waals surface area contributed by atoms with Gasteiger partial charge in [0.05, 0.1) is 12.6 Å². The quantitative estimate of drug-likeness (QED) is 0.604. The van der Waals surface area contributed by atoms with Crippen LogP contribution in [-0.2, 0) is 4.74 Å². The Morgan fingerprint density at radius 3 is 2.77 bits per heavy atom. The molecule has 0 aliphatic carbocycles. The van der Waals surface area contributed by atoms with Crippen LogP contribution in [0.3, 0.4) is 0 Å². The molecule has 1 unspecified atom stereocenters. The molecule has 1 atom stereocenters. The Balaban J connectivity index is 2.93. The smallest absolute Gasteiger partial charge is 0.162 e. The van der Waals surface area contributed by atoms with Gasteiger partial charge in [0.15, 0.2) is 11.5 Å². The van der Waals surface area contributed by atoms with Gasteiger partial charge in [0.2, 0.25) is 0 Å². The summed E-state index contributed by atoms with van der Waals surface area (Å²) in [5.74, 6) is -0.337. The third-order valence-electron chi connectivity index (χ3n) is 1.79. The van der Waals surface area contributed by atoms with E-state index in [1.807, 2.05) is 0 Å². The van der Waals surface area contributed by atoms with E-state index in [0.29, 0.717) is 12.2 Å². The topological polar surface area (TPSA) is 75.7 Å². The predicted molar refractivity (Wildman–Crippen MR) is 48.6 cm³/mol. The van der Waals surface area contributed by atoms with Gasteiger partial charge in [-0.1, -0.05) is 12.1 Å². The first-order valence-electron chi connectivity index (χ1n) is 3.92. The Bertz CT molecular complexity index is 288. The monoisotopic (exact) mass is 183 g/mol. The zero-order chi connectivity index (χ0) is 9.84. The van der Waals surface area contributed by atoms with Crippen LogP contribution in [0.15, 0.2) is 18.2 Å². The van der Waals surface area contributed by atoms with E-state index in [0.717, 1.165) is 0 Å². The number of ether oxygens (including phenoxy) is 1. The van der Waals surface area contributed by atoms with Crippen molar-refractivity contribution in [3.63, 3.8) is 0 Å². The second-order valence-corrected chi connectivity index (χ2v) is 2.78. The minimum absolute atomic E-state index is 0.163. The number of para-hydroxylation sites is 1. The van der Waals surface area contributed by atoms with Crippen molar-refractivity contribution in [2.24, 2.45) is 5.73 Å². The van der Waals surface area contributed by atoms with Crippen LogP contribution in [0.1, 0.15) is 11.6 Å². The number of rotatable bonds is 3. The average Bonchev–Trinajstić information content (AvgIpc) is 2.10. The van der Waals surface area contributed by atoms with Crippen molar-refractivity contribution in [3.8, 4) is 11.5 Å². The van der Waals surface area contributed by atoms with Crippen LogP contribution in [0.5, 0.6) is 11.5 Å². The number of hydrogen-bond donors (Lipinski definition) is 3. The molecule has 0 fully saturated rings. The highest BCUT2D eigenvalue weighted by Gasteiger charge is 2.12. The molecule has 72 valence electrons. The fraction of sp³-hybridized carbons (Fsp3) is 0.333. The van der Waals surface area contributed by atoms with E-state index in [2.05, 4.69) is 0 Å². The van der Waals surface area contributed by atoms with Crippen molar-refractivity contribution >= 4 is 0 Å². The zero-order valence-electron chi connectivity index (χ0n) is 7.40. The number of nitrogens with two attached hydrogens (primary N) is 1. The molecule has 4 nitrogen and oxygen atoms in total. The SMILES string of the molecule is COCC(N)c1cccc(O)c1O. The Labute approximate surface area is 76.6 Å². The summed E-state index contributed by atoms with van der Waals surface area (Å²) in [4.78, 5) is 0. The van der Waals surface area contributed by atoms with Gasteiger partial charge in [0, 0.05) is 12.7 Å². The standard InChI is InChI=1S/C9H13NO3/c1-13-5-7(10)6-3-2-4-8(11)9(6)12/h2-4,7,11-12H,5,10H2,1H3. The first kappa shape index (κ1) is 9.83. The summed E-state index contributed by atoms with van der Waals surface area (Å²) < 4.78 is 4.84. The molecular formula is C9H13NO3. The second kappa shape index (κ2) is 4.11. The van der Waals surface area contributed by atoms with Gasteiger partial charge >= 0.3 is 0 Å². The molecule has 4 N–H and O–H groups in total. The summed E-state index contributed by atoms with van der Waals surface area (Å²) >= 11 is 0. The third kappa shape index (κ3) is 2.11. The molecule has 0 aromatic heterocycles. The largest absolute Gasteiger partial charge is 0.504 e. The van der Waals surface area contributed by atoms with Gasteiger partial charge in [-0.15, -0.1) is 0 Å². The number of benzene rings is 1. The van der Waals surface area contributed by atoms with E-state index in [1.54, 1.807) is 12.1 Å². The molecular weight excluding hydrogens is 170 g/mol. The third-order valence-corrected chi connectivity index (χ3v) is 1.79. The van der Waals surface area contributed by atoms with E-state index >= 15 is 0 Å². The van der Waals surface area contributed by atoms with Gasteiger partial charge < -0.3 is 20.7 Å². The molecule has 0 saturated carbocycles. The van der Waals surface area contributed by atoms with E-state index in [1.165, 1.54) is 13.2 Å². The molecule has 0 amide bonds. The zero-order valence-corrected chi connectivity index (χ0v) is 7.40. The minimum atomic E-state index is -0.419. The van der Waals surface area contributed by atoms with Gasteiger partial charge in [-0.25, -0.2) is 0 Å². The van der Waals surface area contributed by atoms with E-state index < -0.39 is 6.04 Å². The van der Waals surface area contributed by atoms with Crippen LogP contribution in [0, 0.1) is 0 Å². The molecule has 0 radical (unpaired) electrons. The van der Waals surface area contributed by atoms with Crippen molar-refractivity contribution in [1.82, 2.24) is 0 Å². The number of methoxy groups -OCH3 is 1. The number of phenolic OH excluding ortho intramolecular Hbond substituents is 2. The molecule has 1 rings (SSSR count). The Morgan fingerprint density at radius 1 is 1.46 bits per heavy atom. The summed E-state index contributed by atoms with van der Waals surface area (Å²) in [6.07, 6.45) is 0. The van der Waals surface area contributed by atoms with Crippen molar-refractivity contribution in [1.29, 1.82) is 0 Å².